The Bertz CT molecular complexity index is 742. The fraction of sp³-hybridized carbons (Fsp3) is 0.429. The Labute approximate surface area is 147 Å². The van der Waals surface area contributed by atoms with Crippen molar-refractivity contribution < 1.29 is 19.5 Å². The first kappa shape index (κ1) is 18.5. The van der Waals surface area contributed by atoms with Crippen LogP contribution in [-0.2, 0) is 9.59 Å². The van der Waals surface area contributed by atoms with Gasteiger partial charge in [-0.2, -0.15) is 4.68 Å². The van der Waals surface area contributed by atoms with Gasteiger partial charge in [0.05, 0.1) is 12.2 Å². The molecule has 0 aliphatic carbocycles. The van der Waals surface area contributed by atoms with Crippen LogP contribution in [0, 0.1) is 5.92 Å². The molecular formula is C14H18N6O4S. The lowest BCUT2D eigenvalue weighted by Crippen LogP contribution is -2.46. The average molecular weight is 366 g/mol. The molecule has 0 saturated heterocycles. The number of carbonyl (C=O) groups excluding carboxylic acids is 2. The van der Waals surface area contributed by atoms with Crippen LogP contribution in [0.5, 0.6) is 0 Å². The molecule has 2 amide bonds. The lowest BCUT2D eigenvalue weighted by Gasteiger charge is -2.16. The molecular weight excluding hydrogens is 348 g/mol. The van der Waals surface area contributed by atoms with E-state index in [1.165, 1.54) is 22.3 Å². The van der Waals surface area contributed by atoms with Gasteiger partial charge in [0, 0.05) is 0 Å². The van der Waals surface area contributed by atoms with Gasteiger partial charge < -0.3 is 15.7 Å². The highest BCUT2D eigenvalue weighted by Crippen LogP contribution is 2.19. The number of hydrogen-bond donors (Lipinski definition) is 3. The van der Waals surface area contributed by atoms with E-state index >= 15 is 0 Å². The minimum absolute atomic E-state index is 0.112. The Morgan fingerprint density at radius 1 is 1.36 bits per heavy atom. The van der Waals surface area contributed by atoms with E-state index in [-0.39, 0.29) is 12.5 Å². The summed E-state index contributed by atoms with van der Waals surface area (Å²) in [7, 11) is 0. The van der Waals surface area contributed by atoms with Crippen LogP contribution in [0.15, 0.2) is 17.8 Å². The zero-order valence-corrected chi connectivity index (χ0v) is 14.5. The average Bonchev–Trinajstić information content (AvgIpc) is 3.21. The molecule has 0 spiro atoms. The second-order valence-electron chi connectivity index (χ2n) is 5.66. The van der Waals surface area contributed by atoms with Crippen molar-refractivity contribution in [3.05, 3.63) is 22.7 Å². The zero-order chi connectivity index (χ0) is 18.4. The summed E-state index contributed by atoms with van der Waals surface area (Å²) in [6.07, 6.45) is 1.66. The minimum atomic E-state index is -1.10. The number of aromatic nitrogens is 4. The van der Waals surface area contributed by atoms with E-state index in [4.69, 9.17) is 5.11 Å². The van der Waals surface area contributed by atoms with E-state index in [0.717, 1.165) is 0 Å². The fourth-order valence-corrected chi connectivity index (χ4v) is 2.90. The number of carbonyl (C=O) groups is 3. The topological polar surface area (TPSA) is 139 Å². The van der Waals surface area contributed by atoms with E-state index < -0.39 is 23.8 Å². The van der Waals surface area contributed by atoms with Crippen molar-refractivity contribution in [3.8, 4) is 5.69 Å². The van der Waals surface area contributed by atoms with E-state index in [2.05, 4.69) is 26.2 Å². The van der Waals surface area contributed by atoms with Crippen molar-refractivity contribution >= 4 is 29.1 Å². The molecule has 25 heavy (non-hydrogen) atoms. The third-order valence-electron chi connectivity index (χ3n) is 3.20. The summed E-state index contributed by atoms with van der Waals surface area (Å²) < 4.78 is 1.34. The first-order valence-electron chi connectivity index (χ1n) is 7.49. The van der Waals surface area contributed by atoms with Crippen LogP contribution in [0.25, 0.3) is 5.69 Å². The molecule has 134 valence electrons. The van der Waals surface area contributed by atoms with Crippen LogP contribution in [0.3, 0.4) is 0 Å². The summed E-state index contributed by atoms with van der Waals surface area (Å²) in [4.78, 5) is 35.6. The number of hydrogen-bond acceptors (Lipinski definition) is 7. The molecule has 0 radical (unpaired) electrons. The predicted octanol–water partition coefficient (Wildman–Crippen LogP) is 0.0691. The van der Waals surface area contributed by atoms with Gasteiger partial charge in [0.1, 0.15) is 17.2 Å². The van der Waals surface area contributed by atoms with Crippen LogP contribution >= 0.6 is 11.3 Å². The number of amides is 2. The molecule has 0 fully saturated rings. The molecule has 0 aliphatic heterocycles. The van der Waals surface area contributed by atoms with Gasteiger partial charge in [-0.25, -0.2) is 4.79 Å². The van der Waals surface area contributed by atoms with Gasteiger partial charge in [0.25, 0.3) is 5.91 Å². The van der Waals surface area contributed by atoms with Gasteiger partial charge in [0.15, 0.2) is 0 Å². The molecule has 0 aromatic carbocycles. The van der Waals surface area contributed by atoms with E-state index in [9.17, 15) is 14.4 Å². The normalized spacial score (nSPS) is 12.0. The number of thiophene rings is 1. The quantitative estimate of drug-likeness (QED) is 0.600. The Kier molecular flexibility index (Phi) is 6.17. The van der Waals surface area contributed by atoms with Gasteiger partial charge in [-0.1, -0.05) is 13.8 Å². The van der Waals surface area contributed by atoms with Crippen molar-refractivity contribution in [1.29, 1.82) is 0 Å². The highest BCUT2D eigenvalue weighted by atomic mass is 32.1. The van der Waals surface area contributed by atoms with Crippen LogP contribution in [0.4, 0.5) is 0 Å². The van der Waals surface area contributed by atoms with Crippen molar-refractivity contribution in [2.75, 3.05) is 6.54 Å². The van der Waals surface area contributed by atoms with Crippen molar-refractivity contribution in [1.82, 2.24) is 30.8 Å². The largest absolute Gasteiger partial charge is 0.480 e. The number of carboxylic acids is 1. The van der Waals surface area contributed by atoms with Crippen LogP contribution in [0.1, 0.15) is 29.9 Å². The van der Waals surface area contributed by atoms with Gasteiger partial charge in [-0.05, 0) is 34.2 Å². The number of nitrogens with one attached hydrogen (secondary N) is 2. The lowest BCUT2D eigenvalue weighted by molar-refractivity contribution is -0.142. The molecule has 2 rings (SSSR count). The second-order valence-corrected chi connectivity index (χ2v) is 6.58. The smallest absolute Gasteiger partial charge is 0.326 e. The second kappa shape index (κ2) is 8.33. The Morgan fingerprint density at radius 3 is 2.72 bits per heavy atom. The zero-order valence-electron chi connectivity index (χ0n) is 13.7. The number of nitrogens with zero attached hydrogens (tertiary/aromatic N) is 4. The number of tetrazole rings is 1. The number of rotatable bonds is 8. The first-order valence-corrected chi connectivity index (χ1v) is 8.37. The van der Waals surface area contributed by atoms with Crippen LogP contribution < -0.4 is 10.6 Å². The Morgan fingerprint density at radius 2 is 2.12 bits per heavy atom. The monoisotopic (exact) mass is 366 g/mol. The third-order valence-corrected chi connectivity index (χ3v) is 4.10. The van der Waals surface area contributed by atoms with Crippen molar-refractivity contribution in [2.24, 2.45) is 5.92 Å². The number of aliphatic carboxylic acids is 1. The highest BCUT2D eigenvalue weighted by Gasteiger charge is 2.22. The summed E-state index contributed by atoms with van der Waals surface area (Å²) >= 11 is 1.18. The molecule has 2 aromatic heterocycles. The molecule has 0 saturated carbocycles. The molecule has 11 heteroatoms. The molecule has 3 N–H and O–H groups in total. The van der Waals surface area contributed by atoms with Crippen molar-refractivity contribution in [2.45, 2.75) is 26.3 Å². The predicted molar refractivity (Wildman–Crippen MR) is 88.4 cm³/mol. The highest BCUT2D eigenvalue weighted by molar-refractivity contribution is 7.12. The molecule has 0 unspecified atom stereocenters. The summed E-state index contributed by atoms with van der Waals surface area (Å²) in [5.74, 6) is -2.03. The third kappa shape index (κ3) is 5.08. The fourth-order valence-electron chi connectivity index (χ4n) is 2.10. The van der Waals surface area contributed by atoms with E-state index in [1.807, 2.05) is 13.8 Å². The molecule has 2 heterocycles. The standard InChI is InChI=1S/C14H18N6O4S/c1-8(2)5-9(14(23)24)17-11(21)6-15-13(22)12-10(3-4-25-12)20-7-16-18-19-20/h3-4,7-9H,5-6H2,1-2H3,(H,15,22)(H,17,21)(H,23,24)/t9-/m0/s1. The lowest BCUT2D eigenvalue weighted by atomic mass is 10.0. The molecule has 1 atom stereocenters. The number of carboxylic acid groups (broad SMARTS) is 1. The summed E-state index contributed by atoms with van der Waals surface area (Å²) in [5, 5.41) is 26.4. The SMILES string of the molecule is CC(C)C[C@H](NC(=O)CNC(=O)c1sccc1-n1cnnn1)C(=O)O. The van der Waals surface area contributed by atoms with Crippen LogP contribution in [-0.4, -0.2) is 55.7 Å². The molecule has 2 aromatic rings. The summed E-state index contributed by atoms with van der Waals surface area (Å²) in [5.41, 5.74) is 0.496. The van der Waals surface area contributed by atoms with Crippen molar-refractivity contribution in [3.63, 3.8) is 0 Å². The van der Waals surface area contributed by atoms with E-state index in [1.54, 1.807) is 11.4 Å². The Balaban J connectivity index is 1.93. The van der Waals surface area contributed by atoms with Gasteiger partial charge >= 0.3 is 5.97 Å². The maximum absolute atomic E-state index is 12.2. The summed E-state index contributed by atoms with van der Waals surface area (Å²) in [6, 6.07) is 0.696. The molecule has 0 bridgehead atoms. The van der Waals surface area contributed by atoms with Gasteiger partial charge in [-0.3, -0.25) is 9.59 Å². The maximum atomic E-state index is 12.2. The first-order chi connectivity index (χ1) is 11.9. The summed E-state index contributed by atoms with van der Waals surface area (Å²) in [6.45, 7) is 3.40. The van der Waals surface area contributed by atoms with E-state index in [0.29, 0.717) is 17.0 Å². The maximum Gasteiger partial charge on any atom is 0.326 e. The Hall–Kier alpha value is -2.82. The molecule has 10 nitrogen and oxygen atoms in total. The van der Waals surface area contributed by atoms with Gasteiger partial charge in [0.2, 0.25) is 5.91 Å². The minimum Gasteiger partial charge on any atom is -0.480 e. The molecule has 0 aliphatic rings. The van der Waals surface area contributed by atoms with Gasteiger partial charge in [-0.15, -0.1) is 16.4 Å². The van der Waals surface area contributed by atoms with Crippen LogP contribution in [0.2, 0.25) is 0 Å².